The molecule has 1 unspecified atom stereocenters. The summed E-state index contributed by atoms with van der Waals surface area (Å²) < 4.78 is 1.05. The van der Waals surface area contributed by atoms with E-state index in [1.807, 2.05) is 0 Å². The number of carbonyl (C=O) groups is 1. The molecular weight excluding hydrogens is 267 g/mol. The first-order valence-corrected chi connectivity index (χ1v) is 5.86. The fourth-order valence-electron chi connectivity index (χ4n) is 2.07. The van der Waals surface area contributed by atoms with Gasteiger partial charge in [-0.25, -0.2) is 0 Å². The number of β-lactam (4-membered cyclic amide) rings is 1. The van der Waals surface area contributed by atoms with Crippen LogP contribution in [0.4, 0.5) is 0 Å². The van der Waals surface area contributed by atoms with Crippen molar-refractivity contribution in [3.05, 3.63) is 0 Å². The van der Waals surface area contributed by atoms with Crippen LogP contribution in [0.25, 0.3) is 0 Å². The van der Waals surface area contributed by atoms with E-state index in [-0.39, 0.29) is 11.3 Å². The Balaban J connectivity index is 2.02. The number of rotatable bonds is 1. The van der Waals surface area contributed by atoms with Crippen LogP contribution in [0.5, 0.6) is 0 Å². The molecule has 3 nitrogen and oxygen atoms in total. The molecule has 1 spiro atoms. The Morgan fingerprint density at radius 1 is 1.67 bits per heavy atom. The van der Waals surface area contributed by atoms with E-state index >= 15 is 0 Å². The molecule has 1 N–H and O–H groups in total. The third-order valence-electron chi connectivity index (χ3n) is 2.89. The second-order valence-electron chi connectivity index (χ2n) is 3.74. The van der Waals surface area contributed by atoms with E-state index in [0.29, 0.717) is 0 Å². The highest BCUT2D eigenvalue weighted by Gasteiger charge is 2.48. The van der Waals surface area contributed by atoms with Crippen LogP contribution in [-0.4, -0.2) is 35.0 Å². The highest BCUT2D eigenvalue weighted by Crippen LogP contribution is 2.34. The normalized spacial score (nSPS) is 36.2. The fourth-order valence-corrected chi connectivity index (χ4v) is 2.65. The van der Waals surface area contributed by atoms with Crippen molar-refractivity contribution in [2.45, 2.75) is 12.8 Å². The molecule has 4 heteroatoms. The average molecular weight is 280 g/mol. The van der Waals surface area contributed by atoms with Crippen LogP contribution in [0.2, 0.25) is 0 Å². The topological polar surface area (TPSA) is 32.3 Å². The molecule has 2 aliphatic heterocycles. The molecule has 0 aromatic rings. The van der Waals surface area contributed by atoms with E-state index in [0.717, 1.165) is 30.6 Å². The summed E-state index contributed by atoms with van der Waals surface area (Å²) in [7, 11) is 0. The zero-order chi connectivity index (χ0) is 8.60. The smallest absolute Gasteiger partial charge is 0.229 e. The summed E-state index contributed by atoms with van der Waals surface area (Å²) in [5.74, 6) is 0.275. The van der Waals surface area contributed by atoms with Gasteiger partial charge in [0, 0.05) is 13.1 Å². The first kappa shape index (κ1) is 8.74. The van der Waals surface area contributed by atoms with E-state index in [4.69, 9.17) is 0 Å². The Hall–Kier alpha value is 0.160. The van der Waals surface area contributed by atoms with Gasteiger partial charge in [-0.15, -0.1) is 0 Å². The van der Waals surface area contributed by atoms with Crippen LogP contribution in [0.15, 0.2) is 0 Å². The third kappa shape index (κ3) is 1.25. The fraction of sp³-hybridized carbons (Fsp3) is 0.875. The van der Waals surface area contributed by atoms with Gasteiger partial charge >= 0.3 is 0 Å². The summed E-state index contributed by atoms with van der Waals surface area (Å²) in [5, 5.41) is 2.85. The molecule has 0 aromatic heterocycles. The molecule has 2 fully saturated rings. The molecule has 2 saturated heterocycles. The molecule has 0 aromatic carbocycles. The largest absolute Gasteiger partial charge is 0.354 e. The summed E-state index contributed by atoms with van der Waals surface area (Å²) in [6.45, 7) is 3.04. The number of likely N-dealkylation sites (tertiary alicyclic amines) is 1. The minimum Gasteiger partial charge on any atom is -0.354 e. The van der Waals surface area contributed by atoms with Crippen molar-refractivity contribution in [2.75, 3.05) is 24.2 Å². The van der Waals surface area contributed by atoms with Gasteiger partial charge in [0.1, 0.15) is 0 Å². The van der Waals surface area contributed by atoms with Crippen molar-refractivity contribution in [3.8, 4) is 0 Å². The molecule has 0 radical (unpaired) electrons. The van der Waals surface area contributed by atoms with Crippen LogP contribution >= 0.6 is 22.6 Å². The second kappa shape index (κ2) is 3.14. The number of piperidine rings is 1. The summed E-state index contributed by atoms with van der Waals surface area (Å²) in [5.41, 5.74) is 0.00339. The minimum atomic E-state index is 0.00339. The number of nitrogens with zero attached hydrogens (tertiary/aromatic N) is 1. The van der Waals surface area contributed by atoms with Crippen molar-refractivity contribution in [1.82, 2.24) is 10.2 Å². The van der Waals surface area contributed by atoms with Gasteiger partial charge in [-0.2, -0.15) is 0 Å². The van der Waals surface area contributed by atoms with Crippen LogP contribution in [-0.2, 0) is 4.79 Å². The molecule has 68 valence electrons. The molecular formula is C8H13IN2O. The van der Waals surface area contributed by atoms with Gasteiger partial charge in [-0.05, 0) is 19.4 Å². The number of alkyl halides is 1. The maximum absolute atomic E-state index is 11.3. The van der Waals surface area contributed by atoms with Crippen LogP contribution < -0.4 is 5.32 Å². The predicted molar refractivity (Wildman–Crippen MR) is 55.1 cm³/mol. The molecule has 0 bridgehead atoms. The van der Waals surface area contributed by atoms with Crippen molar-refractivity contribution < 1.29 is 4.79 Å². The Kier molecular flexibility index (Phi) is 2.29. The van der Waals surface area contributed by atoms with Crippen molar-refractivity contribution in [1.29, 1.82) is 0 Å². The van der Waals surface area contributed by atoms with Crippen LogP contribution in [0.3, 0.4) is 0 Å². The second-order valence-corrected chi connectivity index (χ2v) is 4.42. The van der Waals surface area contributed by atoms with Gasteiger partial charge in [0.25, 0.3) is 0 Å². The summed E-state index contributed by atoms with van der Waals surface area (Å²) in [6, 6.07) is 0. The van der Waals surface area contributed by atoms with Gasteiger partial charge in [-0.3, -0.25) is 9.69 Å². The van der Waals surface area contributed by atoms with Crippen molar-refractivity contribution in [2.24, 2.45) is 5.41 Å². The third-order valence-corrected chi connectivity index (χ3v) is 3.86. The van der Waals surface area contributed by atoms with Crippen molar-refractivity contribution in [3.63, 3.8) is 0 Å². The maximum atomic E-state index is 11.3. The Morgan fingerprint density at radius 2 is 2.50 bits per heavy atom. The molecule has 1 atom stereocenters. The Labute approximate surface area is 86.0 Å². The van der Waals surface area contributed by atoms with Gasteiger partial charge in [-0.1, -0.05) is 22.6 Å². The zero-order valence-corrected chi connectivity index (χ0v) is 9.13. The number of nitrogens with one attached hydrogen (secondary N) is 1. The standard InChI is InChI=1S/C8H13IN2O/c9-6-11-3-1-2-8(5-11)4-10-7(8)12/h1-6H2,(H,10,12). The SMILES string of the molecule is O=C1NCC12CCCN(CI)C2. The average Bonchev–Trinajstić information content (AvgIpc) is 2.15. The lowest BCUT2D eigenvalue weighted by atomic mass is 9.74. The van der Waals surface area contributed by atoms with Gasteiger partial charge in [0.05, 0.1) is 9.97 Å². The van der Waals surface area contributed by atoms with Gasteiger partial charge < -0.3 is 5.32 Å². The molecule has 2 aliphatic rings. The Morgan fingerprint density at radius 3 is 3.00 bits per heavy atom. The highest BCUT2D eigenvalue weighted by atomic mass is 127. The summed E-state index contributed by atoms with van der Waals surface area (Å²) >= 11 is 2.37. The first-order valence-electron chi connectivity index (χ1n) is 4.33. The van der Waals surface area contributed by atoms with E-state index in [1.54, 1.807) is 0 Å². The van der Waals surface area contributed by atoms with E-state index in [1.165, 1.54) is 6.42 Å². The summed E-state index contributed by atoms with van der Waals surface area (Å²) in [6.07, 6.45) is 2.27. The minimum absolute atomic E-state index is 0.00339. The quantitative estimate of drug-likeness (QED) is 0.330. The number of amides is 1. The molecule has 0 aliphatic carbocycles. The number of carbonyl (C=O) groups excluding carboxylic acids is 1. The molecule has 12 heavy (non-hydrogen) atoms. The lowest BCUT2D eigenvalue weighted by molar-refractivity contribution is -0.144. The lowest BCUT2D eigenvalue weighted by Gasteiger charge is -2.47. The molecule has 2 heterocycles. The van der Waals surface area contributed by atoms with Gasteiger partial charge in [0.15, 0.2) is 0 Å². The number of halogens is 1. The van der Waals surface area contributed by atoms with E-state index in [9.17, 15) is 4.79 Å². The van der Waals surface area contributed by atoms with Crippen molar-refractivity contribution >= 4 is 28.5 Å². The molecule has 0 saturated carbocycles. The number of hydrogen-bond donors (Lipinski definition) is 1. The Bertz CT molecular complexity index is 209. The van der Waals surface area contributed by atoms with Crippen LogP contribution in [0.1, 0.15) is 12.8 Å². The lowest BCUT2D eigenvalue weighted by Crippen LogP contribution is -2.65. The zero-order valence-electron chi connectivity index (χ0n) is 6.98. The van der Waals surface area contributed by atoms with E-state index in [2.05, 4.69) is 32.8 Å². The van der Waals surface area contributed by atoms with Crippen LogP contribution in [0, 0.1) is 5.41 Å². The highest BCUT2D eigenvalue weighted by molar-refractivity contribution is 14.1. The predicted octanol–water partition coefficient (Wildman–Crippen LogP) is 0.591. The monoisotopic (exact) mass is 280 g/mol. The van der Waals surface area contributed by atoms with E-state index < -0.39 is 0 Å². The molecule has 1 amide bonds. The maximum Gasteiger partial charge on any atom is 0.229 e. The summed E-state index contributed by atoms with van der Waals surface area (Å²) in [4.78, 5) is 13.7. The van der Waals surface area contributed by atoms with Gasteiger partial charge in [0.2, 0.25) is 5.91 Å². The number of hydrogen-bond acceptors (Lipinski definition) is 2. The molecule has 2 rings (SSSR count). The first-order chi connectivity index (χ1) is 5.77.